The standard InChI is InChI=1S/C14H15N3O/c18-11-5-4-10-2-1-3-13(12(10)8-11)17-9-14-15-6-7-16-14/h1-5,8,17-18H,6-7,9H2,(H,15,16). The summed E-state index contributed by atoms with van der Waals surface area (Å²) in [5.41, 5.74) is 1.01. The van der Waals surface area contributed by atoms with E-state index in [-0.39, 0.29) is 5.75 Å². The van der Waals surface area contributed by atoms with Crippen LogP contribution in [0, 0.1) is 0 Å². The van der Waals surface area contributed by atoms with Crippen LogP contribution in [0.15, 0.2) is 41.4 Å². The minimum absolute atomic E-state index is 0.285. The molecule has 2 aromatic rings. The van der Waals surface area contributed by atoms with Crippen molar-refractivity contribution in [2.75, 3.05) is 25.0 Å². The summed E-state index contributed by atoms with van der Waals surface area (Å²) in [5.74, 6) is 1.28. The first kappa shape index (κ1) is 10.9. The molecule has 3 rings (SSSR count). The molecule has 1 aliphatic rings. The molecule has 0 radical (unpaired) electrons. The molecule has 0 atom stereocenters. The molecular formula is C14H15N3O. The van der Waals surface area contributed by atoms with Crippen LogP contribution in [0.5, 0.6) is 5.75 Å². The van der Waals surface area contributed by atoms with Crippen LogP contribution < -0.4 is 10.6 Å². The van der Waals surface area contributed by atoms with Crippen LogP contribution in [-0.2, 0) is 0 Å². The summed E-state index contributed by atoms with van der Waals surface area (Å²) in [6.07, 6.45) is 0. The monoisotopic (exact) mass is 241 g/mol. The van der Waals surface area contributed by atoms with E-state index < -0.39 is 0 Å². The second-order valence-electron chi connectivity index (χ2n) is 4.32. The third-order valence-corrected chi connectivity index (χ3v) is 3.06. The van der Waals surface area contributed by atoms with Gasteiger partial charge >= 0.3 is 0 Å². The lowest BCUT2D eigenvalue weighted by molar-refractivity contribution is 0.476. The lowest BCUT2D eigenvalue weighted by Crippen LogP contribution is -2.26. The summed E-state index contributed by atoms with van der Waals surface area (Å²) in [5, 5.41) is 18.3. The molecule has 0 saturated carbocycles. The number of nitrogens with zero attached hydrogens (tertiary/aromatic N) is 1. The van der Waals surface area contributed by atoms with Crippen LogP contribution in [0.4, 0.5) is 5.69 Å². The third-order valence-electron chi connectivity index (χ3n) is 3.06. The van der Waals surface area contributed by atoms with E-state index in [0.29, 0.717) is 6.54 Å². The van der Waals surface area contributed by atoms with Gasteiger partial charge in [-0.3, -0.25) is 4.99 Å². The Hall–Kier alpha value is -2.23. The van der Waals surface area contributed by atoms with Crippen LogP contribution in [0.2, 0.25) is 0 Å². The van der Waals surface area contributed by atoms with E-state index in [1.54, 1.807) is 12.1 Å². The maximum absolute atomic E-state index is 9.57. The number of benzene rings is 2. The van der Waals surface area contributed by atoms with E-state index >= 15 is 0 Å². The quantitative estimate of drug-likeness (QED) is 0.770. The first-order valence-corrected chi connectivity index (χ1v) is 6.06. The molecule has 2 aromatic carbocycles. The summed E-state index contributed by atoms with van der Waals surface area (Å²) >= 11 is 0. The zero-order valence-electron chi connectivity index (χ0n) is 9.98. The summed E-state index contributed by atoms with van der Waals surface area (Å²) in [6, 6.07) is 11.5. The van der Waals surface area contributed by atoms with Gasteiger partial charge < -0.3 is 15.7 Å². The summed E-state index contributed by atoms with van der Waals surface area (Å²) in [4.78, 5) is 4.34. The highest BCUT2D eigenvalue weighted by Gasteiger charge is 2.06. The SMILES string of the molecule is Oc1ccc2cccc(NCC3=NCCN3)c2c1. The number of nitrogens with one attached hydrogen (secondary N) is 2. The molecule has 0 bridgehead atoms. The lowest BCUT2D eigenvalue weighted by Gasteiger charge is -2.10. The van der Waals surface area contributed by atoms with Crippen LogP contribution in [-0.4, -0.2) is 30.6 Å². The number of hydrogen-bond acceptors (Lipinski definition) is 4. The van der Waals surface area contributed by atoms with Crippen molar-refractivity contribution in [2.24, 2.45) is 4.99 Å². The number of hydrogen-bond donors (Lipinski definition) is 3. The van der Waals surface area contributed by atoms with Gasteiger partial charge in [0.1, 0.15) is 11.6 Å². The smallest absolute Gasteiger partial charge is 0.116 e. The molecule has 1 heterocycles. The number of aromatic hydroxyl groups is 1. The van der Waals surface area contributed by atoms with Crippen LogP contribution in [0.3, 0.4) is 0 Å². The summed E-state index contributed by atoms with van der Waals surface area (Å²) < 4.78 is 0. The molecule has 3 N–H and O–H groups in total. The highest BCUT2D eigenvalue weighted by Crippen LogP contribution is 2.26. The lowest BCUT2D eigenvalue weighted by atomic mass is 10.1. The highest BCUT2D eigenvalue weighted by atomic mass is 16.3. The summed E-state index contributed by atoms with van der Waals surface area (Å²) in [6.45, 7) is 2.47. The van der Waals surface area contributed by atoms with Crippen molar-refractivity contribution in [3.8, 4) is 5.75 Å². The van der Waals surface area contributed by atoms with Gasteiger partial charge in [-0.2, -0.15) is 0 Å². The number of aliphatic imine (C=N–C) groups is 1. The van der Waals surface area contributed by atoms with Crippen molar-refractivity contribution in [3.63, 3.8) is 0 Å². The predicted octanol–water partition coefficient (Wildman–Crippen LogP) is 1.96. The summed E-state index contributed by atoms with van der Waals surface area (Å²) in [7, 11) is 0. The predicted molar refractivity (Wildman–Crippen MR) is 74.4 cm³/mol. The molecule has 4 heteroatoms. The Morgan fingerprint density at radius 1 is 1.28 bits per heavy atom. The molecule has 0 unspecified atom stereocenters. The fourth-order valence-electron chi connectivity index (χ4n) is 2.16. The van der Waals surface area contributed by atoms with Crippen molar-refractivity contribution in [2.45, 2.75) is 0 Å². The number of phenolic OH excluding ortho intramolecular Hbond substituents is 1. The Kier molecular flexibility index (Phi) is 2.76. The van der Waals surface area contributed by atoms with Gasteiger partial charge in [0.25, 0.3) is 0 Å². The van der Waals surface area contributed by atoms with E-state index in [4.69, 9.17) is 0 Å². The number of anilines is 1. The first-order chi connectivity index (χ1) is 8.83. The van der Waals surface area contributed by atoms with E-state index in [2.05, 4.69) is 15.6 Å². The number of fused-ring (bicyclic) bond motifs is 1. The number of rotatable bonds is 3. The van der Waals surface area contributed by atoms with Gasteiger partial charge in [-0.05, 0) is 23.6 Å². The Labute approximate surface area is 105 Å². The average Bonchev–Trinajstić information content (AvgIpc) is 2.89. The molecule has 0 amide bonds. The molecule has 18 heavy (non-hydrogen) atoms. The maximum atomic E-state index is 9.57. The van der Waals surface area contributed by atoms with Crippen LogP contribution in [0.25, 0.3) is 10.8 Å². The van der Waals surface area contributed by atoms with Crippen LogP contribution in [0.1, 0.15) is 0 Å². The minimum atomic E-state index is 0.285. The third kappa shape index (κ3) is 2.09. The van der Waals surface area contributed by atoms with Gasteiger partial charge in [-0.25, -0.2) is 0 Å². The van der Waals surface area contributed by atoms with Crippen molar-refractivity contribution in [1.29, 1.82) is 0 Å². The zero-order valence-corrected chi connectivity index (χ0v) is 9.98. The molecule has 1 aliphatic heterocycles. The van der Waals surface area contributed by atoms with Gasteiger partial charge in [0.15, 0.2) is 0 Å². The second-order valence-corrected chi connectivity index (χ2v) is 4.32. The van der Waals surface area contributed by atoms with Gasteiger partial charge in [0.05, 0.1) is 13.1 Å². The average molecular weight is 241 g/mol. The molecule has 92 valence electrons. The van der Waals surface area contributed by atoms with Crippen molar-refractivity contribution < 1.29 is 5.11 Å². The molecular weight excluding hydrogens is 226 g/mol. The Morgan fingerprint density at radius 2 is 2.22 bits per heavy atom. The van der Waals surface area contributed by atoms with Crippen molar-refractivity contribution in [3.05, 3.63) is 36.4 Å². The molecule has 0 saturated heterocycles. The molecule has 0 spiro atoms. The number of phenols is 1. The molecule has 0 aliphatic carbocycles. The van der Waals surface area contributed by atoms with E-state index in [9.17, 15) is 5.11 Å². The van der Waals surface area contributed by atoms with Gasteiger partial charge in [0.2, 0.25) is 0 Å². The Morgan fingerprint density at radius 3 is 3.06 bits per heavy atom. The fourth-order valence-corrected chi connectivity index (χ4v) is 2.16. The van der Waals surface area contributed by atoms with Crippen molar-refractivity contribution >= 4 is 22.3 Å². The van der Waals surface area contributed by atoms with Crippen LogP contribution >= 0.6 is 0 Å². The van der Waals surface area contributed by atoms with E-state index in [1.807, 2.05) is 24.3 Å². The molecule has 4 nitrogen and oxygen atoms in total. The van der Waals surface area contributed by atoms with Crippen molar-refractivity contribution in [1.82, 2.24) is 5.32 Å². The second kappa shape index (κ2) is 4.56. The fraction of sp³-hybridized carbons (Fsp3) is 0.214. The molecule has 0 aromatic heterocycles. The Bertz CT molecular complexity index is 607. The largest absolute Gasteiger partial charge is 0.508 e. The minimum Gasteiger partial charge on any atom is -0.508 e. The van der Waals surface area contributed by atoms with Gasteiger partial charge in [0, 0.05) is 17.6 Å². The molecule has 0 fully saturated rings. The maximum Gasteiger partial charge on any atom is 0.116 e. The normalized spacial score (nSPS) is 14.3. The zero-order chi connectivity index (χ0) is 12.4. The Balaban J connectivity index is 1.88. The first-order valence-electron chi connectivity index (χ1n) is 6.06. The van der Waals surface area contributed by atoms with E-state index in [0.717, 1.165) is 35.4 Å². The van der Waals surface area contributed by atoms with Gasteiger partial charge in [-0.1, -0.05) is 18.2 Å². The van der Waals surface area contributed by atoms with E-state index in [1.165, 1.54) is 0 Å². The highest BCUT2D eigenvalue weighted by molar-refractivity contribution is 5.96. The number of amidine groups is 1. The van der Waals surface area contributed by atoms with Gasteiger partial charge in [-0.15, -0.1) is 0 Å². The topological polar surface area (TPSA) is 56.6 Å².